The van der Waals surface area contributed by atoms with Crippen molar-refractivity contribution < 1.29 is 4.79 Å². The summed E-state index contributed by atoms with van der Waals surface area (Å²) in [6.07, 6.45) is 3.15. The van der Waals surface area contributed by atoms with Crippen molar-refractivity contribution in [3.05, 3.63) is 81.9 Å². The fourth-order valence-corrected chi connectivity index (χ4v) is 3.90. The highest BCUT2D eigenvalue weighted by molar-refractivity contribution is 8.00. The number of anilines is 1. The molecular weight excluding hydrogens is 434 g/mol. The quantitative estimate of drug-likeness (QED) is 0.360. The second-order valence-corrected chi connectivity index (χ2v) is 8.60. The first-order valence-electron chi connectivity index (χ1n) is 9.46. The van der Waals surface area contributed by atoms with E-state index in [9.17, 15) is 9.59 Å². The molecule has 31 heavy (non-hydrogen) atoms. The van der Waals surface area contributed by atoms with E-state index in [2.05, 4.69) is 20.3 Å². The van der Waals surface area contributed by atoms with Crippen LogP contribution in [0.5, 0.6) is 0 Å². The standard InChI is InChI=1S/C22H18ClN5O2S/c1-13-7-10-19(25-11-13)28-21(30)16-5-3-4-6-17(16)26-22(28)31-14(2)20(29)27-18-9-8-15(23)12-24-18/h3-12,14H,1-2H3,(H,24,27,29). The minimum atomic E-state index is -0.553. The average Bonchev–Trinajstić information content (AvgIpc) is 2.76. The van der Waals surface area contributed by atoms with Gasteiger partial charge in [0.1, 0.15) is 11.6 Å². The van der Waals surface area contributed by atoms with Crippen LogP contribution in [0.4, 0.5) is 5.82 Å². The molecule has 4 aromatic rings. The minimum absolute atomic E-state index is 0.239. The van der Waals surface area contributed by atoms with Crippen LogP contribution in [0.15, 0.2) is 70.9 Å². The summed E-state index contributed by atoms with van der Waals surface area (Å²) in [6, 6.07) is 14.0. The lowest BCUT2D eigenvalue weighted by molar-refractivity contribution is -0.115. The Balaban J connectivity index is 1.71. The summed E-state index contributed by atoms with van der Waals surface area (Å²) in [5, 5.41) is 3.54. The van der Waals surface area contributed by atoms with E-state index in [1.54, 1.807) is 49.5 Å². The van der Waals surface area contributed by atoms with E-state index in [4.69, 9.17) is 11.6 Å². The first kappa shape index (κ1) is 21.0. The van der Waals surface area contributed by atoms with Gasteiger partial charge in [-0.2, -0.15) is 0 Å². The predicted molar refractivity (Wildman–Crippen MR) is 123 cm³/mol. The third-order valence-electron chi connectivity index (χ3n) is 4.50. The number of rotatable bonds is 5. The number of amides is 1. The van der Waals surface area contributed by atoms with Gasteiger partial charge in [-0.25, -0.2) is 19.5 Å². The van der Waals surface area contributed by atoms with E-state index in [0.29, 0.717) is 32.7 Å². The first-order chi connectivity index (χ1) is 14.9. The van der Waals surface area contributed by atoms with Gasteiger partial charge in [-0.15, -0.1) is 0 Å². The van der Waals surface area contributed by atoms with Crippen molar-refractivity contribution in [3.8, 4) is 5.82 Å². The van der Waals surface area contributed by atoms with E-state index in [1.807, 2.05) is 19.1 Å². The first-order valence-corrected chi connectivity index (χ1v) is 10.7. The van der Waals surface area contributed by atoms with E-state index < -0.39 is 5.25 Å². The molecule has 3 aromatic heterocycles. The van der Waals surface area contributed by atoms with Gasteiger partial charge in [0.15, 0.2) is 5.16 Å². The highest BCUT2D eigenvalue weighted by Gasteiger charge is 2.21. The van der Waals surface area contributed by atoms with Crippen LogP contribution in [-0.2, 0) is 4.79 Å². The molecular formula is C22H18ClN5O2S. The predicted octanol–water partition coefficient (Wildman–Crippen LogP) is 4.26. The van der Waals surface area contributed by atoms with Gasteiger partial charge in [-0.1, -0.05) is 41.6 Å². The Labute approximate surface area is 187 Å². The largest absolute Gasteiger partial charge is 0.310 e. The van der Waals surface area contributed by atoms with Crippen molar-refractivity contribution in [3.63, 3.8) is 0 Å². The van der Waals surface area contributed by atoms with Crippen LogP contribution in [0.3, 0.4) is 0 Å². The molecule has 1 unspecified atom stereocenters. The van der Waals surface area contributed by atoms with Crippen LogP contribution in [0, 0.1) is 6.92 Å². The molecule has 9 heteroatoms. The molecule has 0 aliphatic carbocycles. The monoisotopic (exact) mass is 451 g/mol. The summed E-state index contributed by atoms with van der Waals surface area (Å²) in [7, 11) is 0. The van der Waals surface area contributed by atoms with E-state index in [0.717, 1.165) is 5.56 Å². The molecule has 3 heterocycles. The van der Waals surface area contributed by atoms with Gasteiger partial charge in [-0.05, 0) is 49.7 Å². The van der Waals surface area contributed by atoms with E-state index >= 15 is 0 Å². The number of thioether (sulfide) groups is 1. The van der Waals surface area contributed by atoms with Gasteiger partial charge < -0.3 is 5.32 Å². The third-order valence-corrected chi connectivity index (χ3v) is 5.78. The van der Waals surface area contributed by atoms with Gasteiger partial charge in [0.2, 0.25) is 5.91 Å². The molecule has 0 bridgehead atoms. The van der Waals surface area contributed by atoms with Crippen molar-refractivity contribution >= 4 is 46.0 Å². The van der Waals surface area contributed by atoms with Gasteiger partial charge in [0.25, 0.3) is 5.56 Å². The fourth-order valence-electron chi connectivity index (χ4n) is 2.87. The number of nitrogens with zero attached hydrogens (tertiary/aromatic N) is 4. The number of halogens is 1. The zero-order valence-electron chi connectivity index (χ0n) is 16.7. The lowest BCUT2D eigenvalue weighted by Gasteiger charge is -2.16. The van der Waals surface area contributed by atoms with Crippen LogP contribution in [0.1, 0.15) is 12.5 Å². The van der Waals surface area contributed by atoms with E-state index in [1.165, 1.54) is 22.5 Å². The number of pyridine rings is 2. The molecule has 1 N–H and O–H groups in total. The molecule has 0 aliphatic heterocycles. The fraction of sp³-hybridized carbons (Fsp3) is 0.136. The number of fused-ring (bicyclic) bond motifs is 1. The highest BCUT2D eigenvalue weighted by Crippen LogP contribution is 2.25. The molecule has 0 saturated carbocycles. The maximum atomic E-state index is 13.3. The van der Waals surface area contributed by atoms with Crippen molar-refractivity contribution in [2.24, 2.45) is 0 Å². The molecule has 0 fully saturated rings. The molecule has 4 rings (SSSR count). The number of nitrogens with one attached hydrogen (secondary N) is 1. The van der Waals surface area contributed by atoms with Gasteiger partial charge in [0, 0.05) is 12.4 Å². The Bertz CT molecular complexity index is 1310. The number of carbonyl (C=O) groups is 1. The summed E-state index contributed by atoms with van der Waals surface area (Å²) in [4.78, 5) is 39.1. The Kier molecular flexibility index (Phi) is 6.01. The molecule has 156 valence electrons. The molecule has 0 aliphatic rings. The van der Waals surface area contributed by atoms with E-state index in [-0.39, 0.29) is 11.5 Å². The zero-order valence-corrected chi connectivity index (χ0v) is 18.3. The minimum Gasteiger partial charge on any atom is -0.310 e. The maximum absolute atomic E-state index is 13.3. The van der Waals surface area contributed by atoms with Crippen LogP contribution in [0.25, 0.3) is 16.7 Å². The zero-order chi connectivity index (χ0) is 22.0. The second kappa shape index (κ2) is 8.87. The third kappa shape index (κ3) is 4.60. The number of para-hydroxylation sites is 1. The van der Waals surface area contributed by atoms with Crippen LogP contribution in [0.2, 0.25) is 5.02 Å². The maximum Gasteiger partial charge on any atom is 0.267 e. The summed E-state index contributed by atoms with van der Waals surface area (Å²) in [5.74, 6) is 0.569. The number of aryl methyl sites for hydroxylation is 1. The number of carbonyl (C=O) groups excluding carboxylic acids is 1. The Morgan fingerprint density at radius 1 is 1.10 bits per heavy atom. The molecule has 0 radical (unpaired) electrons. The van der Waals surface area contributed by atoms with Crippen molar-refractivity contribution in [2.45, 2.75) is 24.3 Å². The molecule has 7 nitrogen and oxygen atoms in total. The van der Waals surface area contributed by atoms with Crippen LogP contribution in [-0.4, -0.2) is 30.7 Å². The van der Waals surface area contributed by atoms with Crippen LogP contribution < -0.4 is 10.9 Å². The highest BCUT2D eigenvalue weighted by atomic mass is 35.5. The lowest BCUT2D eigenvalue weighted by atomic mass is 10.2. The Morgan fingerprint density at radius 2 is 1.90 bits per heavy atom. The Morgan fingerprint density at radius 3 is 2.61 bits per heavy atom. The lowest BCUT2D eigenvalue weighted by Crippen LogP contribution is -2.27. The number of aromatic nitrogens is 4. The number of hydrogen-bond acceptors (Lipinski definition) is 6. The second-order valence-electron chi connectivity index (χ2n) is 6.86. The van der Waals surface area contributed by atoms with Gasteiger partial charge in [-0.3, -0.25) is 9.59 Å². The normalized spacial score (nSPS) is 12.0. The molecule has 0 saturated heterocycles. The molecule has 1 atom stereocenters. The summed E-state index contributed by atoms with van der Waals surface area (Å²) in [6.45, 7) is 3.66. The smallest absolute Gasteiger partial charge is 0.267 e. The molecule has 1 amide bonds. The van der Waals surface area contributed by atoms with Crippen LogP contribution >= 0.6 is 23.4 Å². The topological polar surface area (TPSA) is 89.8 Å². The number of benzene rings is 1. The van der Waals surface area contributed by atoms with Crippen molar-refractivity contribution in [1.82, 2.24) is 19.5 Å². The van der Waals surface area contributed by atoms with Crippen molar-refractivity contribution in [2.75, 3.05) is 5.32 Å². The van der Waals surface area contributed by atoms with Crippen molar-refractivity contribution in [1.29, 1.82) is 0 Å². The van der Waals surface area contributed by atoms with Gasteiger partial charge in [0.05, 0.1) is 21.2 Å². The van der Waals surface area contributed by atoms with Gasteiger partial charge >= 0.3 is 0 Å². The average molecular weight is 452 g/mol. The molecule has 1 aromatic carbocycles. The SMILES string of the molecule is Cc1ccc(-n2c(SC(C)C(=O)Nc3ccc(Cl)cn3)nc3ccccc3c2=O)nc1. The Hall–Kier alpha value is -3.23. The summed E-state index contributed by atoms with van der Waals surface area (Å²) in [5.41, 5.74) is 1.30. The number of hydrogen-bond donors (Lipinski definition) is 1. The summed E-state index contributed by atoms with van der Waals surface area (Å²) < 4.78 is 1.44. The summed E-state index contributed by atoms with van der Waals surface area (Å²) >= 11 is 7.01. The molecule has 0 spiro atoms.